The number of rotatable bonds is 10. The molecule has 6 nitrogen and oxygen atoms in total. The third-order valence-electron chi connectivity index (χ3n) is 3.80. The Labute approximate surface area is 160 Å². The molecule has 0 aliphatic rings. The van der Waals surface area contributed by atoms with E-state index in [4.69, 9.17) is 4.74 Å². The minimum Gasteiger partial charge on any atom is -0.494 e. The van der Waals surface area contributed by atoms with Gasteiger partial charge in [-0.1, -0.05) is 25.5 Å². The Kier molecular flexibility index (Phi) is 8.16. The lowest BCUT2D eigenvalue weighted by molar-refractivity contribution is -0.114. The molecular formula is C21H27N3O3. The number of unbranched alkanes of at least 4 members (excludes halogenated alkanes) is 1. The van der Waals surface area contributed by atoms with Gasteiger partial charge in [-0.3, -0.25) is 9.59 Å². The van der Waals surface area contributed by atoms with Gasteiger partial charge in [0.25, 0.3) is 5.91 Å². The van der Waals surface area contributed by atoms with Crippen LogP contribution in [0.15, 0.2) is 48.5 Å². The van der Waals surface area contributed by atoms with Gasteiger partial charge in [0.2, 0.25) is 5.91 Å². The van der Waals surface area contributed by atoms with Crippen LogP contribution in [0, 0.1) is 0 Å². The molecule has 2 amide bonds. The van der Waals surface area contributed by atoms with Crippen LogP contribution < -0.4 is 20.7 Å². The molecule has 27 heavy (non-hydrogen) atoms. The number of nitrogens with one attached hydrogen (secondary N) is 3. The summed E-state index contributed by atoms with van der Waals surface area (Å²) in [5, 5.41) is 8.63. The van der Waals surface area contributed by atoms with Crippen LogP contribution in [0.2, 0.25) is 0 Å². The minimum absolute atomic E-state index is 0.0970. The molecule has 2 aromatic carbocycles. The van der Waals surface area contributed by atoms with E-state index in [-0.39, 0.29) is 18.4 Å². The number of benzene rings is 2. The van der Waals surface area contributed by atoms with Crippen molar-refractivity contribution in [2.45, 2.75) is 26.7 Å². The molecule has 2 rings (SSSR count). The van der Waals surface area contributed by atoms with Gasteiger partial charge in [-0.15, -0.1) is 0 Å². The third kappa shape index (κ3) is 7.01. The summed E-state index contributed by atoms with van der Waals surface area (Å²) in [6.07, 6.45) is 2.07. The quantitative estimate of drug-likeness (QED) is 0.558. The highest BCUT2D eigenvalue weighted by atomic mass is 16.5. The number of ether oxygens (including phenoxy) is 1. The van der Waals surface area contributed by atoms with E-state index in [1.54, 1.807) is 18.2 Å². The van der Waals surface area contributed by atoms with Crippen LogP contribution in [0.3, 0.4) is 0 Å². The van der Waals surface area contributed by atoms with Crippen LogP contribution in [0.25, 0.3) is 0 Å². The predicted octanol–water partition coefficient (Wildman–Crippen LogP) is 3.67. The van der Waals surface area contributed by atoms with E-state index in [1.165, 1.54) is 0 Å². The molecule has 0 heterocycles. The number of anilines is 2. The first-order valence-corrected chi connectivity index (χ1v) is 9.27. The van der Waals surface area contributed by atoms with Crippen molar-refractivity contribution in [3.8, 4) is 5.75 Å². The summed E-state index contributed by atoms with van der Waals surface area (Å²) in [6.45, 7) is 5.31. The zero-order valence-corrected chi connectivity index (χ0v) is 15.9. The fourth-order valence-electron chi connectivity index (χ4n) is 2.42. The Morgan fingerprint density at radius 2 is 1.78 bits per heavy atom. The predicted molar refractivity (Wildman–Crippen MR) is 108 cm³/mol. The molecule has 0 aromatic heterocycles. The Morgan fingerprint density at radius 1 is 1.00 bits per heavy atom. The molecule has 144 valence electrons. The summed E-state index contributed by atoms with van der Waals surface area (Å²) >= 11 is 0. The highest BCUT2D eigenvalue weighted by Gasteiger charge is 2.07. The molecular weight excluding hydrogens is 342 g/mol. The van der Waals surface area contributed by atoms with E-state index in [0.717, 1.165) is 18.6 Å². The van der Waals surface area contributed by atoms with Crippen molar-refractivity contribution in [2.24, 2.45) is 0 Å². The van der Waals surface area contributed by atoms with E-state index in [0.29, 0.717) is 30.1 Å². The maximum Gasteiger partial charge on any atom is 0.251 e. The van der Waals surface area contributed by atoms with Crippen molar-refractivity contribution < 1.29 is 14.3 Å². The van der Waals surface area contributed by atoms with Gasteiger partial charge in [0, 0.05) is 29.5 Å². The highest BCUT2D eigenvalue weighted by molar-refractivity contribution is 5.96. The molecule has 0 atom stereocenters. The fraction of sp³-hybridized carbons (Fsp3) is 0.333. The Balaban J connectivity index is 1.87. The topological polar surface area (TPSA) is 79.5 Å². The van der Waals surface area contributed by atoms with E-state index in [2.05, 4.69) is 22.9 Å². The molecule has 0 bridgehead atoms. The van der Waals surface area contributed by atoms with Crippen LogP contribution in [-0.4, -0.2) is 31.5 Å². The first-order chi connectivity index (χ1) is 13.1. The van der Waals surface area contributed by atoms with Gasteiger partial charge in [0.05, 0.1) is 13.2 Å². The Bertz CT molecular complexity index is 762. The van der Waals surface area contributed by atoms with E-state index in [1.807, 2.05) is 37.3 Å². The van der Waals surface area contributed by atoms with Gasteiger partial charge < -0.3 is 20.7 Å². The largest absolute Gasteiger partial charge is 0.494 e. The van der Waals surface area contributed by atoms with Crippen molar-refractivity contribution in [1.29, 1.82) is 0 Å². The van der Waals surface area contributed by atoms with Gasteiger partial charge in [0.1, 0.15) is 5.75 Å². The van der Waals surface area contributed by atoms with Crippen molar-refractivity contribution in [3.63, 3.8) is 0 Å². The smallest absolute Gasteiger partial charge is 0.251 e. The first-order valence-electron chi connectivity index (χ1n) is 9.27. The van der Waals surface area contributed by atoms with Crippen LogP contribution in [0.5, 0.6) is 5.75 Å². The number of amides is 2. The number of carbonyl (C=O) groups excluding carboxylic acids is 2. The minimum atomic E-state index is -0.177. The average molecular weight is 369 g/mol. The summed E-state index contributed by atoms with van der Waals surface area (Å²) < 4.78 is 5.65. The van der Waals surface area contributed by atoms with Crippen LogP contribution >= 0.6 is 0 Å². The lowest BCUT2D eigenvalue weighted by Crippen LogP contribution is -2.23. The number of carbonyl (C=O) groups is 2. The van der Waals surface area contributed by atoms with Crippen molar-refractivity contribution in [1.82, 2.24) is 5.32 Å². The molecule has 0 spiro atoms. The Hall–Kier alpha value is -3.02. The average Bonchev–Trinajstić information content (AvgIpc) is 2.67. The second-order valence-corrected chi connectivity index (χ2v) is 6.07. The molecule has 6 heteroatoms. The summed E-state index contributed by atoms with van der Waals surface area (Å²) in [7, 11) is 0. The van der Waals surface area contributed by atoms with Gasteiger partial charge in [-0.25, -0.2) is 0 Å². The SMILES string of the molecule is CCCCOc1cccc(NC(=O)CNc2cccc(C(=O)NCC)c2)c1. The third-order valence-corrected chi connectivity index (χ3v) is 3.80. The zero-order valence-electron chi connectivity index (χ0n) is 15.9. The molecule has 0 saturated heterocycles. The number of hydrogen-bond donors (Lipinski definition) is 3. The van der Waals surface area contributed by atoms with E-state index < -0.39 is 0 Å². The fourth-order valence-corrected chi connectivity index (χ4v) is 2.42. The summed E-state index contributed by atoms with van der Waals surface area (Å²) in [5.74, 6) is 0.429. The maximum atomic E-state index is 12.2. The lowest BCUT2D eigenvalue weighted by Gasteiger charge is -2.11. The highest BCUT2D eigenvalue weighted by Crippen LogP contribution is 2.18. The van der Waals surface area contributed by atoms with Gasteiger partial charge >= 0.3 is 0 Å². The summed E-state index contributed by atoms with van der Waals surface area (Å²) in [6, 6.07) is 14.4. The molecule has 0 aliphatic heterocycles. The normalized spacial score (nSPS) is 10.1. The molecule has 0 unspecified atom stereocenters. The Morgan fingerprint density at radius 3 is 2.56 bits per heavy atom. The first kappa shape index (κ1) is 20.3. The van der Waals surface area contributed by atoms with E-state index in [9.17, 15) is 9.59 Å². The van der Waals surface area contributed by atoms with Gasteiger partial charge in [-0.05, 0) is 43.7 Å². The number of hydrogen-bond acceptors (Lipinski definition) is 4. The van der Waals surface area contributed by atoms with Crippen LogP contribution in [0.4, 0.5) is 11.4 Å². The lowest BCUT2D eigenvalue weighted by atomic mass is 10.2. The van der Waals surface area contributed by atoms with Gasteiger partial charge in [-0.2, -0.15) is 0 Å². The van der Waals surface area contributed by atoms with E-state index >= 15 is 0 Å². The second-order valence-electron chi connectivity index (χ2n) is 6.07. The molecule has 0 fully saturated rings. The van der Waals surface area contributed by atoms with Crippen LogP contribution in [0.1, 0.15) is 37.0 Å². The summed E-state index contributed by atoms with van der Waals surface area (Å²) in [4.78, 5) is 24.1. The molecule has 2 aromatic rings. The second kappa shape index (κ2) is 10.9. The van der Waals surface area contributed by atoms with Crippen molar-refractivity contribution in [3.05, 3.63) is 54.1 Å². The standard InChI is InChI=1S/C21H27N3O3/c1-3-5-12-27-19-11-7-10-18(14-19)24-20(25)15-23-17-9-6-8-16(13-17)21(26)22-4-2/h6-11,13-14,23H,3-5,12,15H2,1-2H3,(H,22,26)(H,24,25). The van der Waals surface area contributed by atoms with Crippen LogP contribution in [-0.2, 0) is 4.79 Å². The summed E-state index contributed by atoms with van der Waals surface area (Å²) in [5.41, 5.74) is 1.96. The van der Waals surface area contributed by atoms with Crippen molar-refractivity contribution >= 4 is 23.2 Å². The zero-order chi connectivity index (χ0) is 19.5. The molecule has 0 saturated carbocycles. The molecule has 3 N–H and O–H groups in total. The molecule has 0 aliphatic carbocycles. The maximum absolute atomic E-state index is 12.2. The molecule has 0 radical (unpaired) electrons. The van der Waals surface area contributed by atoms with Gasteiger partial charge in [0.15, 0.2) is 0 Å². The van der Waals surface area contributed by atoms with Crippen molar-refractivity contribution in [2.75, 3.05) is 30.3 Å². The monoisotopic (exact) mass is 369 g/mol.